The second kappa shape index (κ2) is 33.6. The number of nitrogens with one attached hydrogen (secondary N) is 7. The molecule has 496 valence electrons. The van der Waals surface area contributed by atoms with Crippen LogP contribution in [-0.4, -0.2) is 106 Å². The number of rotatable bonds is 22. The van der Waals surface area contributed by atoms with Crippen LogP contribution in [0.1, 0.15) is 75.2 Å². The zero-order valence-corrected chi connectivity index (χ0v) is 56.0. The van der Waals surface area contributed by atoms with Crippen LogP contribution in [0, 0.1) is 13.8 Å². The van der Waals surface area contributed by atoms with Crippen molar-refractivity contribution in [3.8, 4) is 22.9 Å². The number of carbonyl (C=O) groups is 4. The Balaban J connectivity index is 0.000000228. The van der Waals surface area contributed by atoms with Crippen molar-refractivity contribution < 1.29 is 38.1 Å². The van der Waals surface area contributed by atoms with Crippen LogP contribution in [-0.2, 0) is 43.1 Å². The van der Waals surface area contributed by atoms with E-state index in [9.17, 15) is 19.2 Å². The Morgan fingerprint density at radius 3 is 1.32 bits per heavy atom. The lowest BCUT2D eigenvalue weighted by molar-refractivity contribution is -0.115. The van der Waals surface area contributed by atoms with Crippen molar-refractivity contribution in [3.63, 3.8) is 0 Å². The molecule has 0 bridgehead atoms. The van der Waals surface area contributed by atoms with Gasteiger partial charge in [-0.1, -0.05) is 125 Å². The number of hydrogen-bond donors (Lipinski definition) is 8. The summed E-state index contributed by atoms with van der Waals surface area (Å²) in [7, 11) is 3.24. The van der Waals surface area contributed by atoms with E-state index < -0.39 is 12.1 Å². The number of nitrogens with zero attached hydrogens (tertiary/aromatic N) is 6. The molecule has 0 radical (unpaired) electrons. The average molecular weight is 1310 g/mol. The van der Waals surface area contributed by atoms with Gasteiger partial charge in [0.15, 0.2) is 0 Å². The van der Waals surface area contributed by atoms with Gasteiger partial charge in [-0.05, 0) is 97.8 Å². The maximum Gasteiger partial charge on any atom is 0.324 e. The fraction of sp³-hybridized carbons (Fsp3) is 0.278. The number of pyridine rings is 2. The summed E-state index contributed by atoms with van der Waals surface area (Å²) >= 11 is 5.58. The molecular weight excluding hydrogens is 1220 g/mol. The number of hydrogen-bond acceptors (Lipinski definition) is 14. The molecule has 4 aromatic heterocycles. The van der Waals surface area contributed by atoms with Gasteiger partial charge in [-0.25, -0.2) is 28.9 Å². The van der Waals surface area contributed by atoms with E-state index in [4.69, 9.17) is 41.7 Å². The van der Waals surface area contributed by atoms with Crippen molar-refractivity contribution in [2.24, 2.45) is 5.73 Å². The monoisotopic (exact) mass is 1310 g/mol. The fourth-order valence-corrected chi connectivity index (χ4v) is 9.50. The van der Waals surface area contributed by atoms with E-state index in [1.807, 2.05) is 159 Å². The lowest BCUT2D eigenvalue weighted by Crippen LogP contribution is -2.30. The van der Waals surface area contributed by atoms with Gasteiger partial charge in [-0.15, -0.1) is 11.6 Å². The molecule has 0 saturated heterocycles. The Labute approximate surface area is 558 Å². The number of aryl methyl sites for hydroxylation is 2. The first-order valence-corrected chi connectivity index (χ1v) is 31.4. The predicted molar refractivity (Wildman–Crippen MR) is 378 cm³/mol. The molecule has 0 aliphatic heterocycles. The maximum absolute atomic E-state index is 13.4. The molecule has 22 nitrogen and oxygen atoms in total. The van der Waals surface area contributed by atoms with Crippen LogP contribution in [0.4, 0.5) is 44.2 Å². The minimum atomic E-state index is -0.393. The molecule has 0 atom stereocenters. The van der Waals surface area contributed by atoms with Crippen molar-refractivity contribution in [2.45, 2.75) is 79.4 Å². The molecule has 6 aromatic carbocycles. The predicted octanol–water partition coefficient (Wildman–Crippen LogP) is 13.4. The van der Waals surface area contributed by atoms with Crippen LogP contribution >= 0.6 is 11.6 Å². The summed E-state index contributed by atoms with van der Waals surface area (Å²) in [4.78, 5) is 58.9. The van der Waals surface area contributed by atoms with Gasteiger partial charge in [0.25, 0.3) is 0 Å². The first-order valence-electron chi connectivity index (χ1n) is 30.9. The topological polar surface area (TPSA) is 277 Å². The Bertz CT molecular complexity index is 4220. The molecule has 0 unspecified atom stereocenters. The second-order valence-electron chi connectivity index (χ2n) is 24.2. The Kier molecular flexibility index (Phi) is 25.0. The highest BCUT2D eigenvalue weighted by Gasteiger charge is 2.24. The van der Waals surface area contributed by atoms with Crippen molar-refractivity contribution in [3.05, 3.63) is 204 Å². The minimum absolute atomic E-state index is 0.152. The summed E-state index contributed by atoms with van der Waals surface area (Å²) in [5, 5.41) is 33.4. The molecule has 10 aromatic rings. The van der Waals surface area contributed by atoms with Crippen molar-refractivity contribution in [2.75, 3.05) is 84.8 Å². The number of aromatic nitrogens is 6. The third kappa shape index (κ3) is 20.4. The molecule has 0 saturated carbocycles. The Hall–Kier alpha value is -10.2. The van der Waals surface area contributed by atoms with Gasteiger partial charge < -0.3 is 51.3 Å². The average Bonchev–Trinajstić information content (AvgIpc) is 1.72. The van der Waals surface area contributed by atoms with Gasteiger partial charge >= 0.3 is 12.1 Å². The third-order valence-corrected chi connectivity index (χ3v) is 14.7. The fourth-order valence-electron chi connectivity index (χ4n) is 9.44. The highest BCUT2D eigenvalue weighted by Crippen LogP contribution is 2.35. The lowest BCUT2D eigenvalue weighted by atomic mass is 9.92. The number of ether oxygens (including phenoxy) is 4. The summed E-state index contributed by atoms with van der Waals surface area (Å²) in [5.74, 6) is 2.60. The van der Waals surface area contributed by atoms with Gasteiger partial charge in [-0.3, -0.25) is 20.2 Å². The lowest BCUT2D eigenvalue weighted by Gasteiger charge is -2.15. The van der Waals surface area contributed by atoms with Crippen LogP contribution in [0.3, 0.4) is 0 Å². The molecule has 10 rings (SSSR count). The zero-order chi connectivity index (χ0) is 68.1. The highest BCUT2D eigenvalue weighted by atomic mass is 35.5. The van der Waals surface area contributed by atoms with Gasteiger partial charge in [-0.2, -0.15) is 10.2 Å². The number of amides is 6. The van der Waals surface area contributed by atoms with E-state index >= 15 is 0 Å². The number of urea groups is 2. The molecule has 0 aliphatic carbocycles. The standard InChI is InChI=1S/C36H41N7O4.C33H33ClN6O3.C3H9NO/c1-24-10-12-26(13-11-24)43-33(21-31(42-43)36(2,3)4)41-35(45)39-29-14-15-30(28-9-7-6-8-27(28)29)47-23-25-16-17-38-32(20-25)40-34(44)22-37-18-19-46-5;1-21-9-11-23(12-10-21)40-30(18-28(39-40)33(2,3)4)38-32(42)36-26-13-14-27(25-8-6-5-7-24(25)26)43-20-22-15-16-35-29(17-22)37-31(41)19-34;1-5-3-2-4/h6-17,20-21,37H,18-19,22-23H2,1-5H3,(H,38,40,44)(H2,39,41,45);5-18H,19-20H2,1-4H3,(H,35,37,41)(H2,36,38,42);2-4H2,1H3. The number of benzene rings is 6. The van der Waals surface area contributed by atoms with Crippen LogP contribution in [0.5, 0.6) is 11.5 Å². The van der Waals surface area contributed by atoms with E-state index in [0.717, 1.165) is 66.6 Å². The zero-order valence-electron chi connectivity index (χ0n) is 55.2. The number of methoxy groups -OCH3 is 2. The second-order valence-corrected chi connectivity index (χ2v) is 24.4. The third-order valence-electron chi connectivity index (χ3n) is 14.4. The maximum atomic E-state index is 13.4. The molecule has 95 heavy (non-hydrogen) atoms. The van der Waals surface area contributed by atoms with E-state index in [-0.39, 0.29) is 48.3 Å². The van der Waals surface area contributed by atoms with Crippen molar-refractivity contribution >= 4 is 91.7 Å². The minimum Gasteiger partial charge on any atom is -0.488 e. The van der Waals surface area contributed by atoms with Gasteiger partial charge in [0, 0.05) is 84.2 Å². The van der Waals surface area contributed by atoms with E-state index in [1.54, 1.807) is 48.1 Å². The van der Waals surface area contributed by atoms with E-state index in [1.165, 1.54) is 0 Å². The smallest absolute Gasteiger partial charge is 0.324 e. The van der Waals surface area contributed by atoms with Crippen molar-refractivity contribution in [1.82, 2.24) is 34.8 Å². The Morgan fingerprint density at radius 1 is 0.505 bits per heavy atom. The normalized spacial score (nSPS) is 11.2. The first kappa shape index (κ1) is 70.6. The number of carbonyl (C=O) groups excluding carboxylic acids is 4. The van der Waals surface area contributed by atoms with Crippen LogP contribution in [0.2, 0.25) is 0 Å². The number of fused-ring (bicyclic) bond motifs is 2. The van der Waals surface area contributed by atoms with E-state index in [0.29, 0.717) is 72.4 Å². The molecule has 0 spiro atoms. The van der Waals surface area contributed by atoms with E-state index in [2.05, 4.69) is 93.5 Å². The van der Waals surface area contributed by atoms with Gasteiger partial charge in [0.05, 0.1) is 53.9 Å². The molecule has 0 fully saturated rings. The summed E-state index contributed by atoms with van der Waals surface area (Å²) < 4.78 is 25.4. The molecule has 23 heteroatoms. The molecular formula is C72H83ClN14O8. The molecule has 4 heterocycles. The molecule has 6 amide bonds. The summed E-state index contributed by atoms with van der Waals surface area (Å²) in [6.45, 7) is 19.6. The van der Waals surface area contributed by atoms with Crippen LogP contribution < -0.4 is 52.4 Å². The molecule has 0 aliphatic rings. The van der Waals surface area contributed by atoms with Crippen LogP contribution in [0.15, 0.2) is 170 Å². The number of halogens is 1. The summed E-state index contributed by atoms with van der Waals surface area (Å²) in [6, 6.07) is 48.9. The largest absolute Gasteiger partial charge is 0.488 e. The SMILES string of the molecule is COCCN.COCCNCC(=O)Nc1cc(COc2ccc(NC(=O)Nc3cc(C(C)(C)C)nn3-c3ccc(C)cc3)c3ccccc23)ccn1.Cc1ccc(-n2nc(C(C)(C)C)cc2NC(=O)Nc2ccc(OCc3ccnc(NC(=O)CCl)c3)c3ccccc23)cc1. The first-order chi connectivity index (χ1) is 45.6. The van der Waals surface area contributed by atoms with Gasteiger partial charge in [0.2, 0.25) is 11.8 Å². The van der Waals surface area contributed by atoms with Crippen molar-refractivity contribution in [1.29, 1.82) is 0 Å². The number of nitrogens with two attached hydrogens (primary N) is 1. The number of anilines is 6. The quantitative estimate of drug-likeness (QED) is 0.0232. The molecule has 9 N–H and O–H groups in total. The summed E-state index contributed by atoms with van der Waals surface area (Å²) in [5.41, 5.74) is 13.2. The van der Waals surface area contributed by atoms with Gasteiger partial charge in [0.1, 0.15) is 53.9 Å². The highest BCUT2D eigenvalue weighted by molar-refractivity contribution is 6.29. The Morgan fingerprint density at radius 2 is 0.926 bits per heavy atom. The van der Waals surface area contributed by atoms with Crippen LogP contribution in [0.25, 0.3) is 32.9 Å². The summed E-state index contributed by atoms with van der Waals surface area (Å²) in [6.07, 6.45) is 3.23. The number of alkyl halides is 1.